The first-order chi connectivity index (χ1) is 23.0. The highest BCUT2D eigenvalue weighted by atomic mass is 32.1. The van der Waals surface area contributed by atoms with Crippen LogP contribution in [0.2, 0.25) is 0 Å². The molecule has 1 aliphatic heterocycles. The molecule has 1 saturated carbocycles. The smallest absolute Gasteiger partial charge is 0.240 e. The van der Waals surface area contributed by atoms with Crippen LogP contribution in [0.25, 0.3) is 0 Å². The molecule has 2 unspecified atom stereocenters. The number of likely N-dealkylation sites (N-methyl/N-ethyl adjacent to an activating group) is 1. The van der Waals surface area contributed by atoms with Gasteiger partial charge in [0.2, 0.25) is 17.7 Å². The average Bonchev–Trinajstić information content (AvgIpc) is 3.88. The van der Waals surface area contributed by atoms with Crippen LogP contribution < -0.4 is 16.0 Å². The van der Waals surface area contributed by atoms with Gasteiger partial charge >= 0.3 is 0 Å². The van der Waals surface area contributed by atoms with Crippen LogP contribution in [0.4, 0.5) is 4.39 Å². The van der Waals surface area contributed by atoms with Crippen molar-refractivity contribution in [3.63, 3.8) is 0 Å². The zero-order chi connectivity index (χ0) is 37.3. The molecule has 1 heterocycles. The highest BCUT2D eigenvalue weighted by molar-refractivity contribution is 7.79. The maximum absolute atomic E-state index is 12.1. The number of benzene rings is 1. The van der Waals surface area contributed by atoms with Gasteiger partial charge in [-0.15, -0.1) is 0 Å². The van der Waals surface area contributed by atoms with E-state index in [9.17, 15) is 23.9 Å². The minimum Gasteiger partial charge on any atom is -0.391 e. The van der Waals surface area contributed by atoms with Crippen molar-refractivity contribution < 1.29 is 28.6 Å². The van der Waals surface area contributed by atoms with Gasteiger partial charge in [0.05, 0.1) is 31.4 Å². The fraction of sp³-hybridized carbons (Fsp3) is 0.649. The number of carbonyl (C=O) groups excluding carboxylic acids is 3. The van der Waals surface area contributed by atoms with Crippen molar-refractivity contribution >= 4 is 30.4 Å². The Kier molecular flexibility index (Phi) is 35.3. The molecule has 278 valence electrons. The van der Waals surface area contributed by atoms with Crippen molar-refractivity contribution in [2.24, 2.45) is 5.92 Å². The number of aliphatic hydroxyl groups excluding tert-OH is 1. The Balaban J connectivity index is -0.000000910. The summed E-state index contributed by atoms with van der Waals surface area (Å²) in [6, 6.07) is 6.40. The molecule has 11 heteroatoms. The summed E-state index contributed by atoms with van der Waals surface area (Å²) >= 11 is 3.53. The van der Waals surface area contributed by atoms with E-state index in [1.54, 1.807) is 25.4 Å². The van der Waals surface area contributed by atoms with E-state index in [1.807, 2.05) is 72.8 Å². The number of amides is 3. The van der Waals surface area contributed by atoms with Crippen LogP contribution in [0.15, 0.2) is 48.6 Å². The zero-order valence-electron chi connectivity index (χ0n) is 31.4. The predicted octanol–water partition coefficient (Wildman–Crippen LogP) is 5.87. The molecule has 0 saturated heterocycles. The van der Waals surface area contributed by atoms with Crippen LogP contribution in [-0.2, 0) is 19.1 Å². The summed E-state index contributed by atoms with van der Waals surface area (Å²) in [5.41, 5.74) is 1.09. The second-order valence-corrected chi connectivity index (χ2v) is 11.0. The Hall–Kier alpha value is -2.73. The van der Waals surface area contributed by atoms with Crippen LogP contribution in [0, 0.1) is 18.7 Å². The number of β-amino-alcohol motifs (C(OH)–C–C–N with tert-alkyl or cyclic N) is 1. The summed E-state index contributed by atoms with van der Waals surface area (Å²) in [6.45, 7) is 17.0. The van der Waals surface area contributed by atoms with Crippen LogP contribution in [0.1, 0.15) is 86.1 Å². The highest BCUT2D eigenvalue weighted by Crippen LogP contribution is 2.26. The third kappa shape index (κ3) is 33.2. The van der Waals surface area contributed by atoms with Crippen molar-refractivity contribution in [1.82, 2.24) is 20.9 Å². The SMILES string of the molecule is CC.CC.CC1/C=C\C=C/CCC(O)CNC(=O)CNC(=O)CN(C)C(=O)CCNC[C@@H](C)O1.CC1CC1.CS.Cc1ccc(F)cc1. The number of hydrogen-bond acceptors (Lipinski definition) is 7. The van der Waals surface area contributed by atoms with E-state index >= 15 is 0 Å². The van der Waals surface area contributed by atoms with Gasteiger partial charge in [-0.1, -0.05) is 89.5 Å². The van der Waals surface area contributed by atoms with Gasteiger partial charge in [-0.05, 0) is 57.9 Å². The third-order valence-electron chi connectivity index (χ3n) is 6.35. The lowest BCUT2D eigenvalue weighted by molar-refractivity contribution is -0.135. The summed E-state index contributed by atoms with van der Waals surface area (Å²) in [5, 5.41) is 18.2. The quantitative estimate of drug-likeness (QED) is 0.217. The number of thiol groups is 1. The molecule has 3 atom stereocenters. The monoisotopic (exact) mass is 698 g/mol. The normalized spacial score (nSPS) is 22.6. The lowest BCUT2D eigenvalue weighted by Gasteiger charge is -2.19. The maximum Gasteiger partial charge on any atom is 0.240 e. The number of allylic oxidation sites excluding steroid dienone is 3. The summed E-state index contributed by atoms with van der Waals surface area (Å²) in [5.74, 6) is -0.0574. The molecule has 1 aliphatic carbocycles. The molecule has 1 aromatic rings. The fourth-order valence-corrected chi connectivity index (χ4v) is 3.47. The molecular weight excluding hydrogens is 631 g/mol. The number of hydrogen-bond donors (Lipinski definition) is 5. The highest BCUT2D eigenvalue weighted by Gasteiger charge is 2.15. The largest absolute Gasteiger partial charge is 0.391 e. The van der Waals surface area contributed by atoms with Crippen molar-refractivity contribution in [3.05, 3.63) is 60.0 Å². The zero-order valence-corrected chi connectivity index (χ0v) is 32.2. The average molecular weight is 699 g/mol. The molecule has 1 fully saturated rings. The van der Waals surface area contributed by atoms with Crippen LogP contribution in [-0.4, -0.2) is 92.1 Å². The van der Waals surface area contributed by atoms with Gasteiger partial charge in [-0.3, -0.25) is 14.4 Å². The van der Waals surface area contributed by atoms with Gasteiger partial charge in [0, 0.05) is 33.1 Å². The second kappa shape index (κ2) is 34.1. The van der Waals surface area contributed by atoms with Crippen molar-refractivity contribution in [2.75, 3.05) is 46.0 Å². The van der Waals surface area contributed by atoms with Gasteiger partial charge in [-0.25, -0.2) is 4.39 Å². The minimum absolute atomic E-state index is 0.0194. The molecule has 0 radical (unpaired) electrons. The summed E-state index contributed by atoms with van der Waals surface area (Å²) in [7, 11) is 1.55. The molecule has 48 heavy (non-hydrogen) atoms. The first-order valence-corrected chi connectivity index (χ1v) is 18.2. The van der Waals surface area contributed by atoms with Gasteiger partial charge in [0.1, 0.15) is 5.82 Å². The first-order valence-electron chi connectivity index (χ1n) is 17.3. The predicted molar refractivity (Wildman–Crippen MR) is 202 cm³/mol. The number of carbonyl (C=O) groups is 3. The van der Waals surface area contributed by atoms with Crippen LogP contribution in [0.3, 0.4) is 0 Å². The summed E-state index contributed by atoms with van der Waals surface area (Å²) < 4.78 is 17.9. The van der Waals surface area contributed by atoms with Crippen LogP contribution in [0.5, 0.6) is 0 Å². The lowest BCUT2D eigenvalue weighted by Crippen LogP contribution is -2.44. The standard InChI is InChI=1S/C21H36N4O5.C7H7F.C4H8.2C2H6.CH4S/c1-16-8-6-4-5-7-9-18(26)13-23-19(27)14-24-20(28)15-25(3)21(29)10-11-22-12-17(2)30-16;1-6-2-4-7(8)5-3-6;1-4-2-3-4;3*1-2/h4-6,8,16-18,22,26H,7,9-15H2,1-3H3,(H,23,27)(H,24,28);2-5H,1H3;4H,2-3H2,1H3;2*1-2H3;2H,1H3/b5-4-,8-6-;;;;;/t16?,17-,18?;;;;;/m1...../s1. The number of rotatable bonds is 0. The molecule has 0 spiro atoms. The third-order valence-corrected chi connectivity index (χ3v) is 6.35. The number of nitrogens with zero attached hydrogens (tertiary/aromatic N) is 1. The number of aliphatic hydroxyl groups is 1. The Labute approximate surface area is 297 Å². The number of halogens is 1. The Morgan fingerprint density at radius 2 is 1.48 bits per heavy atom. The first kappa shape index (κ1) is 49.7. The molecule has 0 bridgehead atoms. The van der Waals surface area contributed by atoms with Crippen molar-refractivity contribution in [1.29, 1.82) is 0 Å². The molecule has 1 aromatic carbocycles. The second-order valence-electron chi connectivity index (χ2n) is 11.0. The van der Waals surface area contributed by atoms with E-state index in [0.717, 1.165) is 11.5 Å². The minimum atomic E-state index is -0.667. The molecule has 4 N–H and O–H groups in total. The van der Waals surface area contributed by atoms with Gasteiger partial charge < -0.3 is 30.7 Å². The van der Waals surface area contributed by atoms with Gasteiger partial charge in [0.25, 0.3) is 0 Å². The van der Waals surface area contributed by atoms with Crippen molar-refractivity contribution in [3.8, 4) is 0 Å². The summed E-state index contributed by atoms with van der Waals surface area (Å²) in [6.07, 6.45) is 13.1. The molecule has 3 rings (SSSR count). The molecule has 0 aromatic heterocycles. The van der Waals surface area contributed by atoms with E-state index in [4.69, 9.17) is 4.74 Å². The van der Waals surface area contributed by atoms with E-state index in [-0.39, 0.29) is 55.9 Å². The van der Waals surface area contributed by atoms with E-state index in [1.165, 1.54) is 29.9 Å². The lowest BCUT2D eigenvalue weighted by atomic mass is 10.2. The molecular formula is C37H67FN4O5S. The number of nitrogens with one attached hydrogen (secondary N) is 3. The molecule has 3 amide bonds. The Bertz CT molecular complexity index is 969. The molecule has 2 aliphatic rings. The fourth-order valence-electron chi connectivity index (χ4n) is 3.47. The molecule has 9 nitrogen and oxygen atoms in total. The van der Waals surface area contributed by atoms with E-state index in [0.29, 0.717) is 25.9 Å². The summed E-state index contributed by atoms with van der Waals surface area (Å²) in [4.78, 5) is 37.2. The maximum atomic E-state index is 12.1. The van der Waals surface area contributed by atoms with E-state index in [2.05, 4.69) is 35.5 Å². The Morgan fingerprint density at radius 1 is 0.896 bits per heavy atom. The van der Waals surface area contributed by atoms with Gasteiger partial charge in [-0.2, -0.15) is 12.6 Å². The number of ether oxygens (including phenoxy) is 1. The van der Waals surface area contributed by atoms with Gasteiger partial charge in [0.15, 0.2) is 0 Å². The van der Waals surface area contributed by atoms with Crippen molar-refractivity contribution in [2.45, 2.75) is 106 Å². The van der Waals surface area contributed by atoms with Crippen LogP contribution >= 0.6 is 12.6 Å². The van der Waals surface area contributed by atoms with E-state index < -0.39 is 12.0 Å². The number of aryl methyl sites for hydroxylation is 1. The Morgan fingerprint density at radius 3 is 2.02 bits per heavy atom. The topological polar surface area (TPSA) is 120 Å².